The molecule has 0 radical (unpaired) electrons. The molecule has 0 saturated heterocycles. The Kier molecular flexibility index (Phi) is 5.01. The van der Waals surface area contributed by atoms with E-state index in [9.17, 15) is 4.79 Å². The lowest BCUT2D eigenvalue weighted by molar-refractivity contribution is 0.0600. The third-order valence-corrected chi connectivity index (χ3v) is 3.20. The number of esters is 1. The van der Waals surface area contributed by atoms with E-state index in [1.807, 2.05) is 42.5 Å². The number of methoxy groups -OCH3 is 2. The van der Waals surface area contributed by atoms with E-state index in [0.717, 1.165) is 11.1 Å². The second-order valence-corrected chi connectivity index (χ2v) is 4.77. The van der Waals surface area contributed by atoms with Gasteiger partial charge < -0.3 is 9.47 Å². The van der Waals surface area contributed by atoms with E-state index in [4.69, 9.17) is 21.1 Å². The Morgan fingerprint density at radius 1 is 1.10 bits per heavy atom. The van der Waals surface area contributed by atoms with Gasteiger partial charge in [-0.05, 0) is 35.4 Å². The van der Waals surface area contributed by atoms with Crippen LogP contribution in [0.15, 0.2) is 42.5 Å². The molecule has 0 bridgehead atoms. The van der Waals surface area contributed by atoms with Crippen molar-refractivity contribution in [2.45, 2.75) is 0 Å². The molecular weight excluding hydrogens is 288 g/mol. The van der Waals surface area contributed by atoms with Gasteiger partial charge in [-0.1, -0.05) is 42.0 Å². The van der Waals surface area contributed by atoms with Crippen LogP contribution in [0.4, 0.5) is 0 Å². The van der Waals surface area contributed by atoms with Gasteiger partial charge in [0.1, 0.15) is 5.75 Å². The molecule has 0 spiro atoms. The number of carbonyl (C=O) groups is 1. The lowest BCUT2D eigenvalue weighted by atomic mass is 10.1. The highest BCUT2D eigenvalue weighted by Gasteiger charge is 2.11. The third kappa shape index (κ3) is 3.86. The highest BCUT2D eigenvalue weighted by atomic mass is 35.5. The molecular formula is C17H15ClO3. The first kappa shape index (κ1) is 15.1. The normalized spacial score (nSPS) is 10.6. The van der Waals surface area contributed by atoms with E-state index in [1.54, 1.807) is 19.2 Å². The molecule has 3 nitrogen and oxygen atoms in total. The molecule has 108 valence electrons. The maximum Gasteiger partial charge on any atom is 0.338 e. The zero-order valence-corrected chi connectivity index (χ0v) is 12.6. The largest absolute Gasteiger partial charge is 0.497 e. The van der Waals surface area contributed by atoms with Crippen molar-refractivity contribution in [1.29, 1.82) is 0 Å². The average Bonchev–Trinajstić information content (AvgIpc) is 2.52. The summed E-state index contributed by atoms with van der Waals surface area (Å²) in [6.07, 6.45) is 3.73. The summed E-state index contributed by atoms with van der Waals surface area (Å²) in [5, 5.41) is 0.667. The van der Waals surface area contributed by atoms with Gasteiger partial charge in [-0.15, -0.1) is 0 Å². The maximum atomic E-state index is 11.8. The zero-order valence-electron chi connectivity index (χ0n) is 11.8. The molecule has 0 saturated carbocycles. The molecule has 0 N–H and O–H groups in total. The Morgan fingerprint density at radius 3 is 2.57 bits per heavy atom. The SMILES string of the molecule is COC(=O)c1cc(OC)ccc1C=Cc1cccc(Cl)c1. The summed E-state index contributed by atoms with van der Waals surface area (Å²) in [6, 6.07) is 12.7. The van der Waals surface area contributed by atoms with Gasteiger partial charge in [0.2, 0.25) is 0 Å². The van der Waals surface area contributed by atoms with Crippen molar-refractivity contribution in [3.05, 3.63) is 64.2 Å². The summed E-state index contributed by atoms with van der Waals surface area (Å²) in [6.45, 7) is 0. The number of halogens is 1. The molecule has 21 heavy (non-hydrogen) atoms. The van der Waals surface area contributed by atoms with Crippen LogP contribution >= 0.6 is 11.6 Å². The zero-order chi connectivity index (χ0) is 15.2. The molecule has 0 atom stereocenters. The van der Waals surface area contributed by atoms with Crippen LogP contribution in [0.3, 0.4) is 0 Å². The first-order valence-corrected chi connectivity index (χ1v) is 6.72. The van der Waals surface area contributed by atoms with E-state index < -0.39 is 5.97 Å². The van der Waals surface area contributed by atoms with Gasteiger partial charge >= 0.3 is 5.97 Å². The van der Waals surface area contributed by atoms with E-state index in [0.29, 0.717) is 16.3 Å². The van der Waals surface area contributed by atoms with Crippen molar-refractivity contribution in [3.8, 4) is 5.75 Å². The highest BCUT2D eigenvalue weighted by Crippen LogP contribution is 2.21. The topological polar surface area (TPSA) is 35.5 Å². The molecule has 0 aromatic heterocycles. The van der Waals surface area contributed by atoms with Crippen molar-refractivity contribution in [2.75, 3.05) is 14.2 Å². The Labute approximate surface area is 128 Å². The summed E-state index contributed by atoms with van der Waals surface area (Å²) in [4.78, 5) is 11.8. The Bertz CT molecular complexity index is 677. The number of benzene rings is 2. The van der Waals surface area contributed by atoms with Crippen LogP contribution in [0.5, 0.6) is 5.75 Å². The van der Waals surface area contributed by atoms with E-state index in [2.05, 4.69) is 0 Å². The fraction of sp³-hybridized carbons (Fsp3) is 0.118. The molecule has 0 amide bonds. The van der Waals surface area contributed by atoms with Gasteiger partial charge in [0, 0.05) is 5.02 Å². The minimum atomic E-state index is -0.403. The second kappa shape index (κ2) is 6.95. The maximum absolute atomic E-state index is 11.8. The molecule has 0 unspecified atom stereocenters. The quantitative estimate of drug-likeness (QED) is 0.624. The minimum absolute atomic E-state index is 0.403. The van der Waals surface area contributed by atoms with Crippen LogP contribution in [-0.2, 0) is 4.74 Å². The molecule has 2 aromatic rings. The van der Waals surface area contributed by atoms with Gasteiger partial charge in [0.05, 0.1) is 19.8 Å². The Balaban J connectivity index is 2.37. The Morgan fingerprint density at radius 2 is 1.90 bits per heavy atom. The molecule has 4 heteroatoms. The number of carbonyl (C=O) groups excluding carboxylic acids is 1. The molecule has 0 aliphatic heterocycles. The number of ether oxygens (including phenoxy) is 2. The molecule has 2 rings (SSSR count). The summed E-state index contributed by atoms with van der Waals surface area (Å²) in [5.74, 6) is 0.204. The lowest BCUT2D eigenvalue weighted by Gasteiger charge is -2.07. The molecule has 2 aromatic carbocycles. The minimum Gasteiger partial charge on any atom is -0.497 e. The number of hydrogen-bond donors (Lipinski definition) is 0. The van der Waals surface area contributed by atoms with Crippen molar-refractivity contribution in [1.82, 2.24) is 0 Å². The third-order valence-electron chi connectivity index (χ3n) is 2.97. The van der Waals surface area contributed by atoms with Gasteiger partial charge in [-0.2, -0.15) is 0 Å². The van der Waals surface area contributed by atoms with Gasteiger partial charge in [0.15, 0.2) is 0 Å². The van der Waals surface area contributed by atoms with Crippen LogP contribution < -0.4 is 4.74 Å². The average molecular weight is 303 g/mol. The smallest absolute Gasteiger partial charge is 0.338 e. The predicted molar refractivity (Wildman–Crippen MR) is 84.7 cm³/mol. The number of rotatable bonds is 4. The molecule has 0 aliphatic rings. The predicted octanol–water partition coefficient (Wildman–Crippen LogP) is 4.31. The summed E-state index contributed by atoms with van der Waals surface area (Å²) < 4.78 is 9.93. The van der Waals surface area contributed by atoms with E-state index in [1.165, 1.54) is 7.11 Å². The fourth-order valence-corrected chi connectivity index (χ4v) is 2.09. The number of hydrogen-bond acceptors (Lipinski definition) is 3. The monoisotopic (exact) mass is 302 g/mol. The van der Waals surface area contributed by atoms with Crippen LogP contribution in [0.1, 0.15) is 21.5 Å². The van der Waals surface area contributed by atoms with E-state index in [-0.39, 0.29) is 0 Å². The molecule has 0 aliphatic carbocycles. The van der Waals surface area contributed by atoms with Crippen molar-refractivity contribution < 1.29 is 14.3 Å². The van der Waals surface area contributed by atoms with E-state index >= 15 is 0 Å². The Hall–Kier alpha value is -2.26. The van der Waals surface area contributed by atoms with Crippen molar-refractivity contribution in [2.24, 2.45) is 0 Å². The second-order valence-electron chi connectivity index (χ2n) is 4.33. The fourth-order valence-electron chi connectivity index (χ4n) is 1.89. The van der Waals surface area contributed by atoms with Gasteiger partial charge in [-0.3, -0.25) is 0 Å². The first-order valence-electron chi connectivity index (χ1n) is 6.34. The molecule has 0 heterocycles. The van der Waals surface area contributed by atoms with Gasteiger partial charge in [0.25, 0.3) is 0 Å². The van der Waals surface area contributed by atoms with Crippen LogP contribution in [-0.4, -0.2) is 20.2 Å². The van der Waals surface area contributed by atoms with Crippen LogP contribution in [0.25, 0.3) is 12.2 Å². The van der Waals surface area contributed by atoms with Crippen molar-refractivity contribution >= 4 is 29.7 Å². The summed E-state index contributed by atoms with van der Waals surface area (Å²) in [7, 11) is 2.91. The van der Waals surface area contributed by atoms with Crippen molar-refractivity contribution in [3.63, 3.8) is 0 Å². The summed E-state index contributed by atoms with van der Waals surface area (Å²) >= 11 is 5.95. The standard InChI is InChI=1S/C17H15ClO3/c1-20-15-9-8-13(16(11-15)17(19)21-2)7-6-12-4-3-5-14(18)10-12/h3-11H,1-2H3. The van der Waals surface area contributed by atoms with Gasteiger partial charge in [-0.25, -0.2) is 4.79 Å². The van der Waals surface area contributed by atoms with Crippen LogP contribution in [0, 0.1) is 0 Å². The summed E-state index contributed by atoms with van der Waals surface area (Å²) in [5.41, 5.74) is 2.16. The lowest BCUT2D eigenvalue weighted by Crippen LogP contribution is -2.04. The van der Waals surface area contributed by atoms with Crippen LogP contribution in [0.2, 0.25) is 5.02 Å². The molecule has 0 fully saturated rings. The first-order chi connectivity index (χ1) is 10.1. The highest BCUT2D eigenvalue weighted by molar-refractivity contribution is 6.30.